The van der Waals surface area contributed by atoms with Crippen LogP contribution in [0, 0.1) is 0 Å². The second kappa shape index (κ2) is 5.27. The summed E-state index contributed by atoms with van der Waals surface area (Å²) in [5.41, 5.74) is 2.81. The van der Waals surface area contributed by atoms with Crippen molar-refractivity contribution in [1.82, 2.24) is 4.90 Å². The van der Waals surface area contributed by atoms with Gasteiger partial charge in [-0.2, -0.15) is 0 Å². The molecule has 4 nitrogen and oxygen atoms in total. The molecule has 0 saturated carbocycles. The van der Waals surface area contributed by atoms with E-state index in [1.54, 1.807) is 11.9 Å². The summed E-state index contributed by atoms with van der Waals surface area (Å²) in [5.74, 6) is 0.277. The molecule has 3 rings (SSSR count). The average Bonchev–Trinajstić information content (AvgIpc) is 2.51. The van der Waals surface area contributed by atoms with Gasteiger partial charge in [-0.25, -0.2) is 0 Å². The molecule has 2 amide bonds. The first-order chi connectivity index (χ1) is 9.66. The van der Waals surface area contributed by atoms with Gasteiger partial charge in [0.15, 0.2) is 0 Å². The number of carbonyl (C=O) groups is 2. The summed E-state index contributed by atoms with van der Waals surface area (Å²) in [5, 5.41) is 0. The molecule has 4 heteroatoms. The van der Waals surface area contributed by atoms with Crippen LogP contribution in [0.4, 0.5) is 5.69 Å². The highest BCUT2D eigenvalue weighted by Crippen LogP contribution is 2.28. The van der Waals surface area contributed by atoms with E-state index in [9.17, 15) is 9.59 Å². The van der Waals surface area contributed by atoms with Crippen molar-refractivity contribution >= 4 is 17.5 Å². The third-order valence-electron chi connectivity index (χ3n) is 4.31. The standard InChI is InChI=1S/C16H20N2O2/c1-17-14-7-5-13(11-12(14)6-8-15(17)19)16(20)18-9-3-2-4-10-18/h5,7,11H,2-4,6,8-10H2,1H3. The Morgan fingerprint density at radius 1 is 1.10 bits per heavy atom. The lowest BCUT2D eigenvalue weighted by Crippen LogP contribution is -2.36. The molecule has 1 aromatic rings. The highest BCUT2D eigenvalue weighted by atomic mass is 16.2. The lowest BCUT2D eigenvalue weighted by atomic mass is 9.98. The number of fused-ring (bicyclic) bond motifs is 1. The van der Waals surface area contributed by atoms with Crippen molar-refractivity contribution in [1.29, 1.82) is 0 Å². The summed E-state index contributed by atoms with van der Waals surface area (Å²) < 4.78 is 0. The number of aryl methyl sites for hydroxylation is 1. The van der Waals surface area contributed by atoms with Gasteiger partial charge < -0.3 is 9.80 Å². The van der Waals surface area contributed by atoms with Crippen LogP contribution in [-0.2, 0) is 11.2 Å². The predicted molar refractivity (Wildman–Crippen MR) is 77.9 cm³/mol. The molecule has 0 N–H and O–H groups in total. The number of anilines is 1. The molecular weight excluding hydrogens is 252 g/mol. The first kappa shape index (κ1) is 13.2. The van der Waals surface area contributed by atoms with Gasteiger partial charge >= 0.3 is 0 Å². The minimum absolute atomic E-state index is 0.132. The minimum Gasteiger partial charge on any atom is -0.339 e. The Morgan fingerprint density at radius 2 is 1.85 bits per heavy atom. The first-order valence-corrected chi connectivity index (χ1v) is 7.35. The highest BCUT2D eigenvalue weighted by molar-refractivity contribution is 5.99. The lowest BCUT2D eigenvalue weighted by molar-refractivity contribution is -0.118. The fourth-order valence-corrected chi connectivity index (χ4v) is 3.07. The lowest BCUT2D eigenvalue weighted by Gasteiger charge is -2.29. The Labute approximate surface area is 119 Å². The Hall–Kier alpha value is -1.84. The molecule has 20 heavy (non-hydrogen) atoms. The zero-order valence-corrected chi connectivity index (χ0v) is 11.9. The molecule has 2 heterocycles. The number of nitrogens with zero attached hydrogens (tertiary/aromatic N) is 2. The summed E-state index contributed by atoms with van der Waals surface area (Å²) in [6.45, 7) is 1.74. The SMILES string of the molecule is CN1C(=O)CCc2cc(C(=O)N3CCCCC3)ccc21. The number of hydrogen-bond acceptors (Lipinski definition) is 2. The molecule has 106 valence electrons. The second-order valence-electron chi connectivity index (χ2n) is 5.65. The minimum atomic E-state index is 0.132. The van der Waals surface area contributed by atoms with Gasteiger partial charge in [-0.3, -0.25) is 9.59 Å². The number of likely N-dealkylation sites (tertiary alicyclic amines) is 1. The fourth-order valence-electron chi connectivity index (χ4n) is 3.07. The van der Waals surface area contributed by atoms with Crippen LogP contribution >= 0.6 is 0 Å². The Balaban J connectivity index is 1.85. The molecule has 0 bridgehead atoms. The van der Waals surface area contributed by atoms with Gasteiger partial charge in [0.1, 0.15) is 0 Å². The average molecular weight is 272 g/mol. The van der Waals surface area contributed by atoms with E-state index >= 15 is 0 Å². The third kappa shape index (κ3) is 2.30. The van der Waals surface area contributed by atoms with Crippen LogP contribution in [0.5, 0.6) is 0 Å². The molecule has 0 radical (unpaired) electrons. The van der Waals surface area contributed by atoms with Crippen molar-refractivity contribution in [3.05, 3.63) is 29.3 Å². The Bertz CT molecular complexity index is 547. The summed E-state index contributed by atoms with van der Waals surface area (Å²) in [7, 11) is 1.80. The number of piperidine rings is 1. The Kier molecular flexibility index (Phi) is 3.47. The van der Waals surface area contributed by atoms with Crippen LogP contribution in [-0.4, -0.2) is 36.9 Å². The maximum Gasteiger partial charge on any atom is 0.253 e. The van der Waals surface area contributed by atoms with Crippen molar-refractivity contribution in [2.45, 2.75) is 32.1 Å². The van der Waals surface area contributed by atoms with E-state index in [1.807, 2.05) is 23.1 Å². The molecule has 0 spiro atoms. The number of carbonyl (C=O) groups excluding carboxylic acids is 2. The van der Waals surface area contributed by atoms with Crippen LogP contribution in [0.1, 0.15) is 41.6 Å². The van der Waals surface area contributed by atoms with Gasteiger partial charge in [0.25, 0.3) is 5.91 Å². The molecule has 0 aliphatic carbocycles. The van der Waals surface area contributed by atoms with Crippen LogP contribution in [0.25, 0.3) is 0 Å². The summed E-state index contributed by atoms with van der Waals surface area (Å²) in [6, 6.07) is 5.73. The van der Waals surface area contributed by atoms with E-state index in [1.165, 1.54) is 6.42 Å². The van der Waals surface area contributed by atoms with Crippen molar-refractivity contribution in [2.24, 2.45) is 0 Å². The molecule has 2 aliphatic heterocycles. The van der Waals surface area contributed by atoms with E-state index in [4.69, 9.17) is 0 Å². The highest BCUT2D eigenvalue weighted by Gasteiger charge is 2.23. The van der Waals surface area contributed by atoms with Crippen LogP contribution in [0.15, 0.2) is 18.2 Å². The topological polar surface area (TPSA) is 40.6 Å². The zero-order chi connectivity index (χ0) is 14.1. The maximum absolute atomic E-state index is 12.5. The molecule has 2 aliphatic rings. The van der Waals surface area contributed by atoms with Crippen LogP contribution in [0.2, 0.25) is 0 Å². The quantitative estimate of drug-likeness (QED) is 0.786. The largest absolute Gasteiger partial charge is 0.339 e. The first-order valence-electron chi connectivity index (χ1n) is 7.35. The number of amides is 2. The van der Waals surface area contributed by atoms with E-state index in [-0.39, 0.29) is 11.8 Å². The van der Waals surface area contributed by atoms with Gasteiger partial charge in [0.05, 0.1) is 0 Å². The van der Waals surface area contributed by atoms with Gasteiger partial charge in [-0.1, -0.05) is 0 Å². The van der Waals surface area contributed by atoms with Crippen molar-refractivity contribution in [2.75, 3.05) is 25.0 Å². The van der Waals surface area contributed by atoms with Gasteiger partial charge in [0, 0.05) is 37.8 Å². The number of benzene rings is 1. The van der Waals surface area contributed by atoms with Crippen molar-refractivity contribution in [3.8, 4) is 0 Å². The fraction of sp³-hybridized carbons (Fsp3) is 0.500. The predicted octanol–water partition coefficient (Wildman–Crippen LogP) is 2.22. The van der Waals surface area contributed by atoms with E-state index < -0.39 is 0 Å². The molecule has 0 unspecified atom stereocenters. The summed E-state index contributed by atoms with van der Waals surface area (Å²) in [4.78, 5) is 27.8. The van der Waals surface area contributed by atoms with Crippen molar-refractivity contribution < 1.29 is 9.59 Å². The summed E-state index contributed by atoms with van der Waals surface area (Å²) >= 11 is 0. The number of hydrogen-bond donors (Lipinski definition) is 0. The second-order valence-corrected chi connectivity index (χ2v) is 5.65. The van der Waals surface area contributed by atoms with Crippen LogP contribution < -0.4 is 4.90 Å². The monoisotopic (exact) mass is 272 g/mol. The van der Waals surface area contributed by atoms with E-state index in [0.717, 1.165) is 49.2 Å². The van der Waals surface area contributed by atoms with Gasteiger partial charge in [-0.15, -0.1) is 0 Å². The Morgan fingerprint density at radius 3 is 2.60 bits per heavy atom. The van der Waals surface area contributed by atoms with E-state index in [0.29, 0.717) is 6.42 Å². The van der Waals surface area contributed by atoms with Crippen molar-refractivity contribution in [3.63, 3.8) is 0 Å². The molecule has 1 aromatic carbocycles. The molecule has 1 saturated heterocycles. The maximum atomic E-state index is 12.5. The molecular formula is C16H20N2O2. The summed E-state index contributed by atoms with van der Waals surface area (Å²) in [6.07, 6.45) is 4.70. The molecule has 1 fully saturated rings. The van der Waals surface area contributed by atoms with Gasteiger partial charge in [-0.05, 0) is 49.4 Å². The smallest absolute Gasteiger partial charge is 0.253 e. The third-order valence-corrected chi connectivity index (χ3v) is 4.31. The zero-order valence-electron chi connectivity index (χ0n) is 11.9. The normalized spacial score (nSPS) is 18.9. The van der Waals surface area contributed by atoms with Gasteiger partial charge in [0.2, 0.25) is 5.91 Å². The number of rotatable bonds is 1. The van der Waals surface area contributed by atoms with Crippen LogP contribution in [0.3, 0.4) is 0 Å². The molecule has 0 aromatic heterocycles. The van der Waals surface area contributed by atoms with E-state index in [2.05, 4.69) is 0 Å². The molecule has 0 atom stereocenters.